The van der Waals surface area contributed by atoms with Crippen molar-refractivity contribution in [2.75, 3.05) is 4.90 Å². The number of aromatic nitrogens is 1. The highest BCUT2D eigenvalue weighted by Gasteiger charge is 2.26. The lowest BCUT2D eigenvalue weighted by atomic mass is 9.94. The van der Waals surface area contributed by atoms with Crippen molar-refractivity contribution in [1.82, 2.24) is 4.98 Å². The minimum Gasteiger partial charge on any atom is -0.504 e. The first-order chi connectivity index (χ1) is 13.1. The van der Waals surface area contributed by atoms with E-state index in [0.29, 0.717) is 12.8 Å². The molecule has 2 N–H and O–H groups in total. The van der Waals surface area contributed by atoms with Crippen LogP contribution in [0.3, 0.4) is 0 Å². The molecule has 5 heteroatoms. The Morgan fingerprint density at radius 1 is 1.11 bits per heavy atom. The van der Waals surface area contributed by atoms with Gasteiger partial charge in [-0.25, -0.2) is 4.98 Å². The van der Waals surface area contributed by atoms with Crippen molar-refractivity contribution in [1.29, 1.82) is 0 Å². The zero-order valence-corrected chi connectivity index (χ0v) is 15.4. The topological polar surface area (TPSA) is 73.7 Å². The molecule has 0 bridgehead atoms. The molecular formula is C22H26N2O3. The molecule has 1 aromatic heterocycles. The number of aromatic hydroxyl groups is 2. The molecule has 1 aliphatic rings. The van der Waals surface area contributed by atoms with E-state index in [-0.39, 0.29) is 23.4 Å². The zero-order chi connectivity index (χ0) is 19.1. The fourth-order valence-corrected chi connectivity index (χ4v) is 3.54. The summed E-state index contributed by atoms with van der Waals surface area (Å²) in [7, 11) is 0. The molecule has 0 radical (unpaired) electrons. The molecule has 1 saturated carbocycles. The molecule has 2 aromatic rings. The summed E-state index contributed by atoms with van der Waals surface area (Å²) in [6.07, 6.45) is 12.1. The van der Waals surface area contributed by atoms with E-state index in [1.165, 1.54) is 18.6 Å². The highest BCUT2D eigenvalue weighted by Crippen LogP contribution is 2.28. The normalized spacial score (nSPS) is 15.1. The fraction of sp³-hybridized carbons (Fsp3) is 0.364. The number of pyridine rings is 1. The maximum absolute atomic E-state index is 12.9. The maximum Gasteiger partial charge on any atom is 0.228 e. The van der Waals surface area contributed by atoms with Gasteiger partial charge >= 0.3 is 0 Å². The van der Waals surface area contributed by atoms with Crippen LogP contribution in [0.5, 0.6) is 11.5 Å². The molecule has 1 aromatic carbocycles. The van der Waals surface area contributed by atoms with Crippen molar-refractivity contribution in [3.05, 3.63) is 54.2 Å². The van der Waals surface area contributed by atoms with Gasteiger partial charge in [-0.3, -0.25) is 9.69 Å². The van der Waals surface area contributed by atoms with E-state index >= 15 is 0 Å². The van der Waals surface area contributed by atoms with Crippen LogP contribution in [0.15, 0.2) is 48.7 Å². The lowest BCUT2D eigenvalue weighted by molar-refractivity contribution is -0.119. The number of phenolic OH excluding ortho intramolecular Hbond substituents is 2. The Morgan fingerprint density at radius 3 is 2.63 bits per heavy atom. The van der Waals surface area contributed by atoms with E-state index < -0.39 is 0 Å². The number of carbonyl (C=O) groups is 1. The first-order valence-corrected chi connectivity index (χ1v) is 9.57. The summed E-state index contributed by atoms with van der Waals surface area (Å²) in [6, 6.07) is 10.6. The molecule has 0 aliphatic heterocycles. The van der Waals surface area contributed by atoms with Crippen molar-refractivity contribution in [3.8, 4) is 11.5 Å². The molecule has 0 spiro atoms. The lowest BCUT2D eigenvalue weighted by Crippen LogP contribution is -2.42. The van der Waals surface area contributed by atoms with E-state index in [1.807, 2.05) is 35.3 Å². The van der Waals surface area contributed by atoms with Gasteiger partial charge in [0.15, 0.2) is 11.5 Å². The fourth-order valence-electron chi connectivity index (χ4n) is 3.54. The summed E-state index contributed by atoms with van der Waals surface area (Å²) < 4.78 is 0. The summed E-state index contributed by atoms with van der Waals surface area (Å²) in [4.78, 5) is 19.2. The van der Waals surface area contributed by atoms with Gasteiger partial charge in [-0.15, -0.1) is 0 Å². The minimum atomic E-state index is -0.146. The lowest BCUT2D eigenvalue weighted by Gasteiger charge is -2.33. The number of phenols is 2. The largest absolute Gasteiger partial charge is 0.504 e. The number of hydrogen-bond donors (Lipinski definition) is 2. The molecule has 142 valence electrons. The summed E-state index contributed by atoms with van der Waals surface area (Å²) in [5.74, 6) is 0.549. The van der Waals surface area contributed by atoms with Gasteiger partial charge in [0.05, 0.1) is 0 Å². The van der Waals surface area contributed by atoms with Gasteiger partial charge in [0.1, 0.15) is 5.82 Å². The smallest absolute Gasteiger partial charge is 0.228 e. The molecule has 1 aliphatic carbocycles. The zero-order valence-electron chi connectivity index (χ0n) is 15.4. The monoisotopic (exact) mass is 366 g/mol. The van der Waals surface area contributed by atoms with Crippen LogP contribution in [0.1, 0.15) is 50.5 Å². The first kappa shape index (κ1) is 19.0. The van der Waals surface area contributed by atoms with Gasteiger partial charge in [-0.2, -0.15) is 0 Å². The van der Waals surface area contributed by atoms with Crippen LogP contribution in [-0.4, -0.2) is 27.1 Å². The Hall–Kier alpha value is -2.82. The molecule has 1 amide bonds. The molecule has 1 fully saturated rings. The molecule has 27 heavy (non-hydrogen) atoms. The Morgan fingerprint density at radius 2 is 1.93 bits per heavy atom. The third kappa shape index (κ3) is 5.09. The Bertz CT molecular complexity index is 783. The average Bonchev–Trinajstić information content (AvgIpc) is 2.70. The molecular weight excluding hydrogens is 340 g/mol. The number of carbonyl (C=O) groups excluding carboxylic acids is 1. The quantitative estimate of drug-likeness (QED) is 0.730. The molecule has 0 atom stereocenters. The van der Waals surface area contributed by atoms with E-state index in [4.69, 9.17) is 0 Å². The van der Waals surface area contributed by atoms with E-state index in [1.54, 1.807) is 12.3 Å². The van der Waals surface area contributed by atoms with Crippen LogP contribution in [0.4, 0.5) is 5.82 Å². The second-order valence-corrected chi connectivity index (χ2v) is 6.93. The number of benzene rings is 1. The maximum atomic E-state index is 12.9. The Labute approximate surface area is 160 Å². The number of anilines is 1. The summed E-state index contributed by atoms with van der Waals surface area (Å²) in [6.45, 7) is 0. The predicted molar refractivity (Wildman–Crippen MR) is 107 cm³/mol. The second-order valence-electron chi connectivity index (χ2n) is 6.93. The third-order valence-corrected chi connectivity index (χ3v) is 4.94. The number of rotatable bonds is 6. The SMILES string of the molecule is O=C(CC/C=C/c1ccc(O)c(O)c1)N(c1ccccn1)C1CCCCC1. The van der Waals surface area contributed by atoms with Gasteiger partial charge in [0, 0.05) is 18.7 Å². The first-order valence-electron chi connectivity index (χ1n) is 9.57. The highest BCUT2D eigenvalue weighted by molar-refractivity contribution is 5.93. The van der Waals surface area contributed by atoms with Gasteiger partial charge in [-0.1, -0.05) is 43.5 Å². The molecule has 0 unspecified atom stereocenters. The molecule has 5 nitrogen and oxygen atoms in total. The number of hydrogen-bond acceptors (Lipinski definition) is 4. The molecule has 3 rings (SSSR count). The van der Waals surface area contributed by atoms with Gasteiger partial charge in [0.2, 0.25) is 5.91 Å². The van der Waals surface area contributed by atoms with Crippen molar-refractivity contribution >= 4 is 17.8 Å². The van der Waals surface area contributed by atoms with Crippen LogP contribution >= 0.6 is 0 Å². The van der Waals surface area contributed by atoms with Crippen molar-refractivity contribution in [2.45, 2.75) is 51.0 Å². The van der Waals surface area contributed by atoms with Crippen LogP contribution < -0.4 is 4.90 Å². The highest BCUT2D eigenvalue weighted by atomic mass is 16.3. The van der Waals surface area contributed by atoms with Crippen LogP contribution in [0.25, 0.3) is 6.08 Å². The predicted octanol–water partition coefficient (Wildman–Crippen LogP) is 4.65. The van der Waals surface area contributed by atoms with Crippen LogP contribution in [-0.2, 0) is 4.79 Å². The summed E-state index contributed by atoms with van der Waals surface area (Å²) >= 11 is 0. The van der Waals surface area contributed by atoms with Crippen molar-refractivity contribution < 1.29 is 15.0 Å². The Kier molecular flexibility index (Phi) is 6.47. The van der Waals surface area contributed by atoms with Gasteiger partial charge < -0.3 is 10.2 Å². The number of allylic oxidation sites excluding steroid dienone is 1. The van der Waals surface area contributed by atoms with E-state index in [0.717, 1.165) is 37.1 Å². The number of nitrogens with zero attached hydrogens (tertiary/aromatic N) is 2. The summed E-state index contributed by atoms with van der Waals surface area (Å²) in [5, 5.41) is 18.9. The van der Waals surface area contributed by atoms with Gasteiger partial charge in [-0.05, 0) is 49.1 Å². The van der Waals surface area contributed by atoms with Crippen molar-refractivity contribution in [2.24, 2.45) is 0 Å². The van der Waals surface area contributed by atoms with E-state index in [9.17, 15) is 15.0 Å². The minimum absolute atomic E-state index is 0.0961. The van der Waals surface area contributed by atoms with Crippen LogP contribution in [0, 0.1) is 0 Å². The summed E-state index contributed by atoms with van der Waals surface area (Å²) in [5.41, 5.74) is 0.784. The van der Waals surface area contributed by atoms with Crippen LogP contribution in [0.2, 0.25) is 0 Å². The van der Waals surface area contributed by atoms with Crippen molar-refractivity contribution in [3.63, 3.8) is 0 Å². The molecule has 1 heterocycles. The van der Waals surface area contributed by atoms with Gasteiger partial charge in [0.25, 0.3) is 0 Å². The van der Waals surface area contributed by atoms with E-state index in [2.05, 4.69) is 4.98 Å². The average molecular weight is 366 g/mol. The standard InChI is InChI=1S/C22H26N2O3/c25-19-14-13-17(16-20(19)26)8-4-5-12-22(27)24(18-9-2-1-3-10-18)21-11-6-7-15-23-21/h4,6-8,11,13-16,18,25-26H,1-3,5,9-10,12H2/b8-4+. The second kappa shape index (κ2) is 9.21. The number of amides is 1. The molecule has 0 saturated heterocycles. The third-order valence-electron chi connectivity index (χ3n) is 4.94. The Balaban J connectivity index is 1.63.